The summed E-state index contributed by atoms with van der Waals surface area (Å²) in [7, 11) is 0. The Labute approximate surface area is 133 Å². The molecular formula is C16H17ClN2OS. The Kier molecular flexibility index (Phi) is 4.29. The summed E-state index contributed by atoms with van der Waals surface area (Å²) in [6, 6.07) is 11.9. The zero-order chi connectivity index (χ0) is 14.8. The molecule has 1 atom stereocenters. The number of carbonyl (C=O) groups excluding carboxylic acids is 1. The average molecular weight is 321 g/mol. The molecule has 0 spiro atoms. The number of thiophene rings is 1. The Morgan fingerprint density at radius 2 is 2.05 bits per heavy atom. The number of carbonyl (C=O) groups is 1. The van der Waals surface area contributed by atoms with Crippen LogP contribution in [0.1, 0.15) is 16.6 Å². The molecule has 3 nitrogen and oxygen atoms in total. The SMILES string of the molecule is CC1CNCCN1C(=O)c1ccc(-c2ccc(Cl)cc2)s1. The van der Waals surface area contributed by atoms with Gasteiger partial charge in [0, 0.05) is 35.6 Å². The molecule has 1 fully saturated rings. The summed E-state index contributed by atoms with van der Waals surface area (Å²) in [5.41, 5.74) is 1.09. The third kappa shape index (κ3) is 3.12. The molecule has 1 unspecified atom stereocenters. The van der Waals surface area contributed by atoms with Crippen molar-refractivity contribution in [3.8, 4) is 10.4 Å². The number of benzene rings is 1. The van der Waals surface area contributed by atoms with Crippen LogP contribution in [0.5, 0.6) is 0 Å². The van der Waals surface area contributed by atoms with Gasteiger partial charge >= 0.3 is 0 Å². The molecule has 0 aliphatic carbocycles. The minimum absolute atomic E-state index is 0.134. The van der Waals surface area contributed by atoms with Gasteiger partial charge in [0.2, 0.25) is 0 Å². The molecule has 1 aromatic carbocycles. The van der Waals surface area contributed by atoms with E-state index in [0.717, 1.165) is 40.0 Å². The van der Waals surface area contributed by atoms with E-state index >= 15 is 0 Å². The first-order chi connectivity index (χ1) is 10.1. The van der Waals surface area contributed by atoms with Crippen molar-refractivity contribution in [2.45, 2.75) is 13.0 Å². The lowest BCUT2D eigenvalue weighted by atomic mass is 10.2. The van der Waals surface area contributed by atoms with Crippen molar-refractivity contribution in [3.63, 3.8) is 0 Å². The smallest absolute Gasteiger partial charge is 0.264 e. The van der Waals surface area contributed by atoms with Crippen molar-refractivity contribution < 1.29 is 4.79 Å². The van der Waals surface area contributed by atoms with E-state index in [0.29, 0.717) is 0 Å². The fraction of sp³-hybridized carbons (Fsp3) is 0.312. The highest BCUT2D eigenvalue weighted by Crippen LogP contribution is 2.30. The minimum atomic E-state index is 0.134. The van der Waals surface area contributed by atoms with Gasteiger partial charge in [0.15, 0.2) is 0 Å². The summed E-state index contributed by atoms with van der Waals surface area (Å²) >= 11 is 7.45. The highest BCUT2D eigenvalue weighted by atomic mass is 35.5. The standard InChI is InChI=1S/C16H17ClN2OS/c1-11-10-18-8-9-19(11)16(20)15-7-6-14(21-15)12-2-4-13(17)5-3-12/h2-7,11,18H,8-10H2,1H3. The van der Waals surface area contributed by atoms with Gasteiger partial charge < -0.3 is 10.2 Å². The zero-order valence-corrected chi connectivity index (χ0v) is 13.4. The topological polar surface area (TPSA) is 32.3 Å². The quantitative estimate of drug-likeness (QED) is 0.918. The number of rotatable bonds is 2. The normalized spacial score (nSPS) is 18.8. The van der Waals surface area contributed by atoms with Gasteiger partial charge in [-0.2, -0.15) is 0 Å². The van der Waals surface area contributed by atoms with Gasteiger partial charge in [0.05, 0.1) is 4.88 Å². The molecule has 3 rings (SSSR count). The van der Waals surface area contributed by atoms with E-state index in [4.69, 9.17) is 11.6 Å². The molecule has 2 aromatic rings. The molecule has 1 amide bonds. The molecule has 1 aliphatic heterocycles. The van der Waals surface area contributed by atoms with Crippen LogP contribution in [-0.4, -0.2) is 36.5 Å². The van der Waals surface area contributed by atoms with E-state index in [1.54, 1.807) is 11.3 Å². The van der Waals surface area contributed by atoms with Crippen LogP contribution >= 0.6 is 22.9 Å². The van der Waals surface area contributed by atoms with Crippen LogP contribution in [0.3, 0.4) is 0 Å². The molecule has 0 bridgehead atoms. The third-order valence-electron chi connectivity index (χ3n) is 3.71. The average Bonchev–Trinajstić information content (AvgIpc) is 2.98. The molecule has 1 saturated heterocycles. The second-order valence-electron chi connectivity index (χ2n) is 5.22. The minimum Gasteiger partial charge on any atom is -0.333 e. The maximum absolute atomic E-state index is 12.6. The molecule has 0 radical (unpaired) electrons. The van der Waals surface area contributed by atoms with Crippen LogP contribution in [0, 0.1) is 0 Å². The fourth-order valence-electron chi connectivity index (χ4n) is 2.51. The van der Waals surface area contributed by atoms with Gasteiger partial charge in [-0.25, -0.2) is 0 Å². The Bertz CT molecular complexity index is 638. The highest BCUT2D eigenvalue weighted by Gasteiger charge is 2.25. The Morgan fingerprint density at radius 3 is 2.76 bits per heavy atom. The van der Waals surface area contributed by atoms with Crippen molar-refractivity contribution >= 4 is 28.8 Å². The highest BCUT2D eigenvalue weighted by molar-refractivity contribution is 7.17. The van der Waals surface area contributed by atoms with Crippen LogP contribution in [0.15, 0.2) is 36.4 Å². The van der Waals surface area contributed by atoms with Gasteiger partial charge in [-0.3, -0.25) is 4.79 Å². The molecule has 5 heteroatoms. The number of hydrogen-bond donors (Lipinski definition) is 1. The molecule has 1 aliphatic rings. The van der Waals surface area contributed by atoms with Crippen LogP contribution in [0.4, 0.5) is 0 Å². The second-order valence-corrected chi connectivity index (χ2v) is 6.74. The van der Waals surface area contributed by atoms with Gasteiger partial charge in [0.1, 0.15) is 0 Å². The van der Waals surface area contributed by atoms with Gasteiger partial charge in [-0.15, -0.1) is 11.3 Å². The Balaban J connectivity index is 1.81. The first-order valence-corrected chi connectivity index (χ1v) is 8.22. The first kappa shape index (κ1) is 14.6. The van der Waals surface area contributed by atoms with Gasteiger partial charge in [-0.1, -0.05) is 23.7 Å². The summed E-state index contributed by atoms with van der Waals surface area (Å²) in [4.78, 5) is 16.4. The molecule has 2 heterocycles. The molecule has 110 valence electrons. The Hall–Kier alpha value is -1.36. The lowest BCUT2D eigenvalue weighted by Crippen LogP contribution is -2.52. The number of piperazine rings is 1. The van der Waals surface area contributed by atoms with Crippen molar-refractivity contribution in [1.29, 1.82) is 0 Å². The van der Waals surface area contributed by atoms with Gasteiger partial charge in [0.25, 0.3) is 5.91 Å². The lowest BCUT2D eigenvalue weighted by molar-refractivity contribution is 0.0661. The van der Waals surface area contributed by atoms with Crippen molar-refractivity contribution in [2.24, 2.45) is 0 Å². The third-order valence-corrected chi connectivity index (χ3v) is 5.08. The van der Waals surface area contributed by atoms with Crippen molar-refractivity contribution in [2.75, 3.05) is 19.6 Å². The second kappa shape index (κ2) is 6.18. The number of amides is 1. The maximum atomic E-state index is 12.6. The Morgan fingerprint density at radius 1 is 1.29 bits per heavy atom. The number of halogens is 1. The zero-order valence-electron chi connectivity index (χ0n) is 11.8. The van der Waals surface area contributed by atoms with E-state index in [-0.39, 0.29) is 11.9 Å². The predicted octanol–water partition coefficient (Wildman–Crippen LogP) is 3.50. The molecular weight excluding hydrogens is 304 g/mol. The summed E-state index contributed by atoms with van der Waals surface area (Å²) in [5, 5.41) is 4.03. The monoisotopic (exact) mass is 320 g/mol. The number of nitrogens with zero attached hydrogens (tertiary/aromatic N) is 1. The predicted molar refractivity (Wildman–Crippen MR) is 88.1 cm³/mol. The maximum Gasteiger partial charge on any atom is 0.264 e. The summed E-state index contributed by atoms with van der Waals surface area (Å²) in [5.74, 6) is 0.134. The molecule has 0 saturated carbocycles. The number of nitrogens with one attached hydrogen (secondary N) is 1. The first-order valence-electron chi connectivity index (χ1n) is 7.02. The van der Waals surface area contributed by atoms with E-state index in [1.807, 2.05) is 41.3 Å². The molecule has 1 N–H and O–H groups in total. The molecule has 1 aromatic heterocycles. The van der Waals surface area contributed by atoms with Crippen molar-refractivity contribution in [1.82, 2.24) is 10.2 Å². The van der Waals surface area contributed by atoms with E-state index in [9.17, 15) is 4.79 Å². The van der Waals surface area contributed by atoms with Crippen LogP contribution in [-0.2, 0) is 0 Å². The van der Waals surface area contributed by atoms with E-state index in [1.165, 1.54) is 0 Å². The largest absolute Gasteiger partial charge is 0.333 e. The summed E-state index contributed by atoms with van der Waals surface area (Å²) in [6.07, 6.45) is 0. The summed E-state index contributed by atoms with van der Waals surface area (Å²) < 4.78 is 0. The molecule has 21 heavy (non-hydrogen) atoms. The van der Waals surface area contributed by atoms with Crippen LogP contribution in [0.2, 0.25) is 5.02 Å². The van der Waals surface area contributed by atoms with E-state index < -0.39 is 0 Å². The van der Waals surface area contributed by atoms with Crippen LogP contribution < -0.4 is 5.32 Å². The fourth-order valence-corrected chi connectivity index (χ4v) is 3.60. The van der Waals surface area contributed by atoms with Gasteiger partial charge in [-0.05, 0) is 36.8 Å². The van der Waals surface area contributed by atoms with Crippen molar-refractivity contribution in [3.05, 3.63) is 46.3 Å². The van der Waals surface area contributed by atoms with Crippen LogP contribution in [0.25, 0.3) is 10.4 Å². The summed E-state index contributed by atoms with van der Waals surface area (Å²) in [6.45, 7) is 4.58. The lowest BCUT2D eigenvalue weighted by Gasteiger charge is -2.33. The number of hydrogen-bond acceptors (Lipinski definition) is 3. The van der Waals surface area contributed by atoms with E-state index in [2.05, 4.69) is 12.2 Å².